The Morgan fingerprint density at radius 3 is 2.65 bits per heavy atom. The van der Waals surface area contributed by atoms with Crippen molar-refractivity contribution in [2.45, 2.75) is 33.1 Å². The molecule has 0 aliphatic carbocycles. The molecule has 1 aliphatic rings. The van der Waals surface area contributed by atoms with Gasteiger partial charge in [0.05, 0.1) is 0 Å². The number of fused-ring (bicyclic) bond motifs is 1. The number of rotatable bonds is 5. The molecule has 5 nitrogen and oxygen atoms in total. The molecule has 1 N–H and O–H groups in total. The van der Waals surface area contributed by atoms with Gasteiger partial charge in [-0.3, -0.25) is 4.79 Å². The van der Waals surface area contributed by atoms with E-state index >= 15 is 0 Å². The highest BCUT2D eigenvalue weighted by molar-refractivity contribution is 5.91. The normalized spacial score (nSPS) is 13.3. The first kappa shape index (κ1) is 15.5. The molecule has 1 aliphatic heterocycles. The molecule has 0 atom stereocenters. The van der Waals surface area contributed by atoms with Crippen LogP contribution in [0.25, 0.3) is 0 Å². The van der Waals surface area contributed by atoms with Crippen LogP contribution in [-0.2, 0) is 11.2 Å². The lowest BCUT2D eigenvalue weighted by Crippen LogP contribution is -2.22. The molecular weight excluding hydrogens is 288 g/mol. The Balaban J connectivity index is 1.72. The Labute approximate surface area is 136 Å². The van der Waals surface area contributed by atoms with E-state index in [4.69, 9.17) is 0 Å². The van der Waals surface area contributed by atoms with Crippen molar-refractivity contribution in [2.75, 3.05) is 16.8 Å². The highest BCUT2D eigenvalue weighted by Gasteiger charge is 2.21. The van der Waals surface area contributed by atoms with Crippen LogP contribution in [0, 0.1) is 5.92 Å². The highest BCUT2D eigenvalue weighted by atomic mass is 16.1. The van der Waals surface area contributed by atoms with E-state index in [9.17, 15) is 4.79 Å². The Kier molecular flexibility index (Phi) is 4.55. The predicted molar refractivity (Wildman–Crippen MR) is 91.9 cm³/mol. The number of benzene rings is 1. The van der Waals surface area contributed by atoms with Crippen LogP contribution in [0.4, 0.5) is 17.3 Å². The summed E-state index contributed by atoms with van der Waals surface area (Å²) < 4.78 is 0. The summed E-state index contributed by atoms with van der Waals surface area (Å²) in [6.07, 6.45) is 2.68. The van der Waals surface area contributed by atoms with Gasteiger partial charge in [0.1, 0.15) is 0 Å². The monoisotopic (exact) mass is 310 g/mol. The van der Waals surface area contributed by atoms with E-state index in [0.29, 0.717) is 5.82 Å². The minimum Gasteiger partial charge on any atom is -0.324 e. The van der Waals surface area contributed by atoms with Crippen LogP contribution < -0.4 is 10.2 Å². The lowest BCUT2D eigenvalue weighted by atomic mass is 10.0. The maximum absolute atomic E-state index is 12.1. The van der Waals surface area contributed by atoms with Crippen LogP contribution >= 0.6 is 0 Å². The second-order valence-electron chi connectivity index (χ2n) is 5.81. The zero-order valence-corrected chi connectivity index (χ0v) is 13.6. The third-order valence-electron chi connectivity index (χ3n) is 4.42. The smallest absolute Gasteiger partial charge is 0.228 e. The summed E-state index contributed by atoms with van der Waals surface area (Å²) in [6, 6.07) is 12.1. The Bertz CT molecular complexity index is 680. The molecule has 1 aromatic heterocycles. The molecular formula is C18H22N4O. The van der Waals surface area contributed by atoms with Crippen molar-refractivity contribution in [3.63, 3.8) is 0 Å². The minimum absolute atomic E-state index is 0.0172. The Morgan fingerprint density at radius 1 is 1.17 bits per heavy atom. The van der Waals surface area contributed by atoms with Gasteiger partial charge in [-0.05, 0) is 43.0 Å². The molecule has 2 aromatic rings. The van der Waals surface area contributed by atoms with Crippen LogP contribution in [0.3, 0.4) is 0 Å². The summed E-state index contributed by atoms with van der Waals surface area (Å²) in [5.74, 6) is 1.37. The maximum Gasteiger partial charge on any atom is 0.228 e. The number of nitrogens with one attached hydrogen (secondary N) is 1. The first-order valence-corrected chi connectivity index (χ1v) is 8.23. The second-order valence-corrected chi connectivity index (χ2v) is 5.81. The largest absolute Gasteiger partial charge is 0.324 e. The molecule has 1 aromatic carbocycles. The van der Waals surface area contributed by atoms with Gasteiger partial charge in [-0.1, -0.05) is 32.0 Å². The molecule has 0 saturated carbocycles. The van der Waals surface area contributed by atoms with E-state index in [2.05, 4.69) is 38.6 Å². The van der Waals surface area contributed by atoms with Gasteiger partial charge in [-0.15, -0.1) is 10.2 Å². The summed E-state index contributed by atoms with van der Waals surface area (Å²) in [5.41, 5.74) is 2.52. The molecule has 1 amide bonds. The van der Waals surface area contributed by atoms with Crippen LogP contribution in [-0.4, -0.2) is 22.6 Å². The molecule has 0 radical (unpaired) electrons. The number of anilines is 3. The van der Waals surface area contributed by atoms with Crippen molar-refractivity contribution in [3.8, 4) is 0 Å². The lowest BCUT2D eigenvalue weighted by Gasteiger charge is -2.18. The number of hydrogen-bond acceptors (Lipinski definition) is 4. The molecule has 0 saturated heterocycles. The first-order valence-electron chi connectivity index (χ1n) is 8.23. The standard InChI is InChI=1S/C18H22N4O/c1-3-13(4-2)18(23)19-16-9-10-17(21-20-16)22-12-11-14-7-5-6-8-15(14)22/h5-10,13H,3-4,11-12H2,1-2H3,(H,19,20,23). The Hall–Kier alpha value is -2.43. The molecule has 0 spiro atoms. The van der Waals surface area contributed by atoms with Crippen LogP contribution in [0.5, 0.6) is 0 Å². The van der Waals surface area contributed by atoms with E-state index in [1.807, 2.05) is 32.0 Å². The summed E-state index contributed by atoms with van der Waals surface area (Å²) in [6.45, 7) is 4.95. The van der Waals surface area contributed by atoms with E-state index in [1.54, 1.807) is 0 Å². The van der Waals surface area contributed by atoms with Gasteiger partial charge < -0.3 is 10.2 Å². The highest BCUT2D eigenvalue weighted by Crippen LogP contribution is 2.32. The van der Waals surface area contributed by atoms with Gasteiger partial charge in [0, 0.05) is 18.2 Å². The van der Waals surface area contributed by atoms with E-state index < -0.39 is 0 Å². The third kappa shape index (κ3) is 3.18. The third-order valence-corrected chi connectivity index (χ3v) is 4.42. The molecule has 23 heavy (non-hydrogen) atoms. The first-order chi connectivity index (χ1) is 11.2. The van der Waals surface area contributed by atoms with E-state index in [1.165, 1.54) is 11.3 Å². The van der Waals surface area contributed by atoms with Gasteiger partial charge in [-0.2, -0.15) is 0 Å². The number of para-hydroxylation sites is 1. The van der Waals surface area contributed by atoms with Crippen molar-refractivity contribution in [1.29, 1.82) is 0 Å². The molecule has 2 heterocycles. The van der Waals surface area contributed by atoms with Crippen LogP contribution in [0.15, 0.2) is 36.4 Å². The average Bonchev–Trinajstić information content (AvgIpc) is 3.01. The number of amides is 1. The van der Waals surface area contributed by atoms with Crippen molar-refractivity contribution in [3.05, 3.63) is 42.0 Å². The minimum atomic E-state index is 0.0172. The number of hydrogen-bond donors (Lipinski definition) is 1. The average molecular weight is 310 g/mol. The SMILES string of the molecule is CCC(CC)C(=O)Nc1ccc(N2CCc3ccccc32)nn1. The molecule has 0 fully saturated rings. The fraction of sp³-hybridized carbons (Fsp3) is 0.389. The van der Waals surface area contributed by atoms with Gasteiger partial charge in [0.15, 0.2) is 11.6 Å². The Morgan fingerprint density at radius 2 is 1.96 bits per heavy atom. The second kappa shape index (κ2) is 6.77. The van der Waals surface area contributed by atoms with E-state index in [0.717, 1.165) is 31.6 Å². The topological polar surface area (TPSA) is 58.1 Å². The van der Waals surface area contributed by atoms with Crippen LogP contribution in [0.2, 0.25) is 0 Å². The van der Waals surface area contributed by atoms with Crippen molar-refractivity contribution in [1.82, 2.24) is 10.2 Å². The van der Waals surface area contributed by atoms with Crippen LogP contribution in [0.1, 0.15) is 32.3 Å². The van der Waals surface area contributed by atoms with Gasteiger partial charge in [-0.25, -0.2) is 0 Å². The zero-order chi connectivity index (χ0) is 16.2. The molecule has 0 bridgehead atoms. The molecule has 120 valence electrons. The van der Waals surface area contributed by atoms with E-state index in [-0.39, 0.29) is 11.8 Å². The van der Waals surface area contributed by atoms with Crippen molar-refractivity contribution < 1.29 is 4.79 Å². The van der Waals surface area contributed by atoms with Crippen molar-refractivity contribution in [2.24, 2.45) is 5.92 Å². The number of carbonyl (C=O) groups is 1. The lowest BCUT2D eigenvalue weighted by molar-refractivity contribution is -0.120. The quantitative estimate of drug-likeness (QED) is 0.917. The van der Waals surface area contributed by atoms with Gasteiger partial charge in [0.25, 0.3) is 0 Å². The zero-order valence-electron chi connectivity index (χ0n) is 13.6. The summed E-state index contributed by atoms with van der Waals surface area (Å²) in [7, 11) is 0. The molecule has 5 heteroatoms. The number of nitrogens with zero attached hydrogens (tertiary/aromatic N) is 3. The summed E-state index contributed by atoms with van der Waals surface area (Å²) >= 11 is 0. The molecule has 0 unspecified atom stereocenters. The fourth-order valence-corrected chi connectivity index (χ4v) is 3.00. The van der Waals surface area contributed by atoms with Crippen molar-refractivity contribution >= 4 is 23.2 Å². The number of aromatic nitrogens is 2. The number of carbonyl (C=O) groups excluding carboxylic acids is 1. The fourth-order valence-electron chi connectivity index (χ4n) is 3.00. The maximum atomic E-state index is 12.1. The molecule has 3 rings (SSSR count). The van der Waals surface area contributed by atoms with Gasteiger partial charge >= 0.3 is 0 Å². The van der Waals surface area contributed by atoms with Gasteiger partial charge in [0.2, 0.25) is 5.91 Å². The predicted octanol–water partition coefficient (Wildman–Crippen LogP) is 3.55. The summed E-state index contributed by atoms with van der Waals surface area (Å²) in [5, 5.41) is 11.3. The summed E-state index contributed by atoms with van der Waals surface area (Å²) in [4.78, 5) is 14.3.